The van der Waals surface area contributed by atoms with E-state index in [0.717, 1.165) is 63.5 Å². The van der Waals surface area contributed by atoms with E-state index in [1.165, 1.54) is 39.6 Å². The van der Waals surface area contributed by atoms with Crippen LogP contribution >= 0.6 is 46.2 Å². The molecule has 338 valence electrons. The number of rotatable bonds is 11. The molecule has 0 amide bonds. The molecular weight excluding hydrogens is 900 g/mol. The SMILES string of the molecule is CS[C@H]1C(c2ccc(C)c(Cc3ccc(-c4ccco4)s3)c2)O[C@H](C)[C@@H](C)[C@@H]1OC(C)=O.CS[C@H]1OC(c2ccc(C)c(Cc3ccc(-c4ccco4)s3)c2)[C@H](O)[C@@H](O)[C@@H]1O.C[O-].[Na+]. The van der Waals surface area contributed by atoms with Gasteiger partial charge in [-0.1, -0.05) is 43.3 Å². The van der Waals surface area contributed by atoms with Crippen LogP contribution < -0.4 is 34.7 Å². The average Bonchev–Trinajstić information content (AvgIpc) is 4.14. The Kier molecular flexibility index (Phi) is 19.9. The smallest absolute Gasteiger partial charge is 0.857 e. The molecule has 6 heterocycles. The fourth-order valence-corrected chi connectivity index (χ4v) is 11.6. The Morgan fingerprint density at radius 3 is 1.67 bits per heavy atom. The second-order valence-corrected chi connectivity index (χ2v) is 20.0. The molecule has 0 radical (unpaired) electrons. The molecule has 2 saturated heterocycles. The average molecular weight is 957 g/mol. The van der Waals surface area contributed by atoms with Crippen LogP contribution in [0.3, 0.4) is 0 Å². The number of thioether (sulfide) groups is 2. The van der Waals surface area contributed by atoms with E-state index >= 15 is 0 Å². The van der Waals surface area contributed by atoms with Gasteiger partial charge in [-0.15, -0.1) is 34.4 Å². The minimum atomic E-state index is -1.25. The van der Waals surface area contributed by atoms with Gasteiger partial charge in [-0.25, -0.2) is 0 Å². The van der Waals surface area contributed by atoms with Gasteiger partial charge in [-0.3, -0.25) is 4.79 Å². The van der Waals surface area contributed by atoms with Crippen molar-refractivity contribution in [3.8, 4) is 21.3 Å². The normalized spacial score (nSPS) is 25.2. The van der Waals surface area contributed by atoms with E-state index in [1.807, 2.05) is 48.7 Å². The van der Waals surface area contributed by atoms with E-state index in [9.17, 15) is 20.1 Å². The maximum absolute atomic E-state index is 11.8. The summed E-state index contributed by atoms with van der Waals surface area (Å²) < 4.78 is 29.2. The zero-order valence-electron chi connectivity index (χ0n) is 37.8. The maximum atomic E-state index is 11.8. The van der Waals surface area contributed by atoms with Crippen LogP contribution in [0.25, 0.3) is 21.3 Å². The molecule has 2 aliphatic rings. The van der Waals surface area contributed by atoms with Crippen LogP contribution in [-0.2, 0) is 31.8 Å². The number of esters is 1. The molecule has 6 aromatic rings. The van der Waals surface area contributed by atoms with Gasteiger partial charge in [-0.2, -0.15) is 18.9 Å². The Hall–Kier alpha value is -2.67. The molecule has 2 aliphatic heterocycles. The largest absolute Gasteiger partial charge is 1.00 e. The van der Waals surface area contributed by atoms with Crippen molar-refractivity contribution >= 4 is 52.2 Å². The van der Waals surface area contributed by atoms with Gasteiger partial charge in [0.2, 0.25) is 0 Å². The van der Waals surface area contributed by atoms with Crippen LogP contribution in [0.4, 0.5) is 0 Å². The third kappa shape index (κ3) is 12.5. The first-order valence-corrected chi connectivity index (χ1v) is 25.0. The first-order chi connectivity index (χ1) is 30.3. The van der Waals surface area contributed by atoms with Gasteiger partial charge < -0.3 is 43.5 Å². The van der Waals surface area contributed by atoms with Crippen LogP contribution in [0.2, 0.25) is 0 Å². The molecule has 4 aromatic heterocycles. The van der Waals surface area contributed by atoms with E-state index in [-0.39, 0.29) is 65.0 Å². The number of hydrogen-bond donors (Lipinski definition) is 3. The number of thiophene rings is 2. The molecule has 15 heteroatoms. The Bertz CT molecular complexity index is 2340. The molecule has 64 heavy (non-hydrogen) atoms. The van der Waals surface area contributed by atoms with Gasteiger partial charge in [0, 0.05) is 35.4 Å². The molecule has 2 unspecified atom stereocenters. The molecule has 0 spiro atoms. The van der Waals surface area contributed by atoms with Crippen LogP contribution in [0.5, 0.6) is 0 Å². The van der Waals surface area contributed by atoms with Gasteiger partial charge >= 0.3 is 35.5 Å². The summed E-state index contributed by atoms with van der Waals surface area (Å²) in [5.74, 6) is 1.68. The van der Waals surface area contributed by atoms with Crippen LogP contribution in [0.15, 0.2) is 106 Å². The number of ether oxygens (including phenoxy) is 3. The minimum Gasteiger partial charge on any atom is -0.857 e. The van der Waals surface area contributed by atoms with E-state index in [1.54, 1.807) is 47.0 Å². The Morgan fingerprint density at radius 2 is 1.22 bits per heavy atom. The Labute approximate surface area is 415 Å². The van der Waals surface area contributed by atoms with Crippen LogP contribution in [0.1, 0.15) is 76.1 Å². The number of hydrogen-bond acceptors (Lipinski definition) is 14. The number of aliphatic hydroxyl groups excluding tert-OH is 3. The van der Waals surface area contributed by atoms with E-state index in [4.69, 9.17) is 28.2 Å². The van der Waals surface area contributed by atoms with Crippen molar-refractivity contribution in [2.45, 2.75) is 101 Å². The molecule has 10 atom stereocenters. The van der Waals surface area contributed by atoms with E-state index < -0.39 is 29.9 Å². The zero-order valence-corrected chi connectivity index (χ0v) is 43.0. The van der Waals surface area contributed by atoms with Crippen molar-refractivity contribution in [2.24, 2.45) is 5.92 Å². The zero-order chi connectivity index (χ0) is 45.4. The van der Waals surface area contributed by atoms with Gasteiger partial charge in [0.05, 0.1) is 39.7 Å². The van der Waals surface area contributed by atoms with E-state index in [0.29, 0.717) is 0 Å². The summed E-state index contributed by atoms with van der Waals surface area (Å²) in [6.45, 7) is 9.87. The first kappa shape index (κ1) is 52.3. The molecule has 0 bridgehead atoms. The summed E-state index contributed by atoms with van der Waals surface area (Å²) in [6, 6.07) is 28.7. The van der Waals surface area contributed by atoms with E-state index in [2.05, 4.69) is 76.4 Å². The molecule has 2 fully saturated rings. The van der Waals surface area contributed by atoms with Gasteiger partial charge in [-0.05, 0) is 115 Å². The van der Waals surface area contributed by atoms with Crippen molar-refractivity contribution in [3.05, 3.63) is 141 Å². The molecule has 2 aromatic carbocycles. The monoisotopic (exact) mass is 956 g/mol. The number of carbonyl (C=O) groups excluding carboxylic acids is 1. The summed E-state index contributed by atoms with van der Waals surface area (Å²) in [5, 5.41) is 39.1. The second kappa shape index (κ2) is 24.4. The van der Waals surface area contributed by atoms with Crippen molar-refractivity contribution in [1.29, 1.82) is 0 Å². The summed E-state index contributed by atoms with van der Waals surface area (Å²) in [4.78, 5) is 16.5. The third-order valence-corrected chi connectivity index (χ3v) is 15.7. The maximum Gasteiger partial charge on any atom is 1.00 e. The molecule has 0 aliphatic carbocycles. The standard InChI is InChI=1S/C26H30O4S2.C22H24O5S2.CH3O.Na/c1-15-8-9-19(25-26(31-5)24(30-18(4)27)16(2)17(3)29-25)13-20(15)14-21-10-11-23(32-21)22-7-6-12-28-22;1-12-5-6-13(21-19(24)18(23)20(25)22(27-21)28-2)10-14(12)11-15-7-8-17(29-15)16-4-3-9-26-16;1-2;/h6-13,16-17,24-26H,14H2,1-5H3;3-10,18-25H,11H2,1-2H3;1H3;/q;;-1;+1/t16-,17-,24+,25?,26-;18-,19-,20+,21?,22-;;/m11../s1. The summed E-state index contributed by atoms with van der Waals surface area (Å²) in [5.41, 5.74) is 6.18. The van der Waals surface area contributed by atoms with Gasteiger partial charge in [0.1, 0.15) is 47.5 Å². The first-order valence-electron chi connectivity index (χ1n) is 20.8. The molecule has 0 saturated carbocycles. The van der Waals surface area contributed by atoms with Crippen molar-refractivity contribution < 1.29 is 77.8 Å². The molecule has 3 N–H and O–H groups in total. The summed E-state index contributed by atoms with van der Waals surface area (Å²) >= 11 is 6.48. The van der Waals surface area contributed by atoms with Crippen molar-refractivity contribution in [3.63, 3.8) is 0 Å². The number of carbonyl (C=O) groups is 1. The number of aliphatic hydroxyl groups is 3. The number of aryl methyl sites for hydroxylation is 2. The predicted octanol–water partition coefficient (Wildman–Crippen LogP) is 6.40. The minimum absolute atomic E-state index is 0. The predicted molar refractivity (Wildman–Crippen MR) is 252 cm³/mol. The molecule has 10 nitrogen and oxygen atoms in total. The fourth-order valence-electron chi connectivity index (χ4n) is 7.92. The van der Waals surface area contributed by atoms with Crippen molar-refractivity contribution in [1.82, 2.24) is 0 Å². The van der Waals surface area contributed by atoms with Crippen LogP contribution in [0, 0.1) is 19.8 Å². The topological polar surface area (TPSA) is 155 Å². The summed E-state index contributed by atoms with van der Waals surface area (Å²) in [7, 11) is 0.750. The number of benzene rings is 2. The summed E-state index contributed by atoms with van der Waals surface area (Å²) in [6.07, 6.45) is 4.35. The Balaban J connectivity index is 0.000000229. The molecular formula is C49H57NaO10S4. The van der Waals surface area contributed by atoms with Crippen molar-refractivity contribution in [2.75, 3.05) is 19.6 Å². The van der Waals surface area contributed by atoms with Crippen LogP contribution in [-0.4, -0.2) is 82.1 Å². The van der Waals surface area contributed by atoms with Gasteiger partial charge in [0.25, 0.3) is 0 Å². The quantitative estimate of drug-likeness (QED) is 0.0974. The second-order valence-electron chi connectivity index (χ2n) is 15.7. The third-order valence-electron chi connectivity index (χ3n) is 11.6. The fraction of sp³-hybridized carbons (Fsp3) is 0.408. The Morgan fingerprint density at radius 1 is 0.703 bits per heavy atom. The molecule has 8 rings (SSSR count). The number of furan rings is 2. The van der Waals surface area contributed by atoms with Gasteiger partial charge in [0.15, 0.2) is 0 Å².